The van der Waals surface area contributed by atoms with Crippen LogP contribution in [-0.2, 0) is 16.0 Å². The van der Waals surface area contributed by atoms with Gasteiger partial charge >= 0.3 is 5.97 Å². The summed E-state index contributed by atoms with van der Waals surface area (Å²) in [4.78, 5) is 27.8. The van der Waals surface area contributed by atoms with Gasteiger partial charge in [0, 0.05) is 6.54 Å². The molecule has 1 heterocycles. The molecule has 0 spiro atoms. The maximum absolute atomic E-state index is 12.1. The molecule has 0 bridgehead atoms. The molecule has 8 nitrogen and oxygen atoms in total. The lowest BCUT2D eigenvalue weighted by Crippen LogP contribution is -2.30. The number of benzene rings is 2. The summed E-state index contributed by atoms with van der Waals surface area (Å²) in [5.41, 5.74) is 2.20. The fourth-order valence-electron chi connectivity index (χ4n) is 2.50. The molecular formula is C20H20N4O4. The van der Waals surface area contributed by atoms with E-state index in [0.29, 0.717) is 18.5 Å². The van der Waals surface area contributed by atoms with Crippen LogP contribution in [0, 0.1) is 0 Å². The number of amides is 1. The highest BCUT2D eigenvalue weighted by atomic mass is 16.5. The van der Waals surface area contributed by atoms with Crippen LogP contribution in [0.2, 0.25) is 0 Å². The number of aromatic nitrogens is 3. The normalized spacial score (nSPS) is 10.3. The summed E-state index contributed by atoms with van der Waals surface area (Å²) >= 11 is 0. The molecule has 1 N–H and O–H groups in total. The highest BCUT2D eigenvalue weighted by Gasteiger charge is 2.10. The van der Waals surface area contributed by atoms with Crippen molar-refractivity contribution in [1.29, 1.82) is 0 Å². The number of esters is 1. The van der Waals surface area contributed by atoms with E-state index in [9.17, 15) is 9.59 Å². The molecule has 0 atom stereocenters. The topological polar surface area (TPSA) is 95.3 Å². The van der Waals surface area contributed by atoms with Crippen LogP contribution < -0.4 is 10.1 Å². The number of methoxy groups -OCH3 is 1. The zero-order chi connectivity index (χ0) is 19.8. The van der Waals surface area contributed by atoms with Crippen LogP contribution in [0.4, 0.5) is 0 Å². The van der Waals surface area contributed by atoms with Crippen molar-refractivity contribution in [3.63, 3.8) is 0 Å². The third-order valence-electron chi connectivity index (χ3n) is 4.02. The second-order valence-corrected chi connectivity index (χ2v) is 5.91. The van der Waals surface area contributed by atoms with Crippen molar-refractivity contribution in [2.45, 2.75) is 6.42 Å². The van der Waals surface area contributed by atoms with E-state index in [0.717, 1.165) is 17.0 Å². The van der Waals surface area contributed by atoms with Crippen molar-refractivity contribution in [3.05, 3.63) is 72.3 Å². The summed E-state index contributed by atoms with van der Waals surface area (Å²) < 4.78 is 11.7. The Balaban J connectivity index is 1.40. The number of rotatable bonds is 8. The average Bonchev–Trinajstić information content (AvgIpc) is 3.27. The molecule has 0 radical (unpaired) electrons. The van der Waals surface area contributed by atoms with Crippen molar-refractivity contribution in [1.82, 2.24) is 20.1 Å². The van der Waals surface area contributed by atoms with Gasteiger partial charge in [0.05, 0.1) is 18.4 Å². The van der Waals surface area contributed by atoms with Crippen LogP contribution in [0.1, 0.15) is 15.9 Å². The average molecular weight is 380 g/mol. The van der Waals surface area contributed by atoms with Crippen LogP contribution in [0.25, 0.3) is 5.69 Å². The van der Waals surface area contributed by atoms with Crippen LogP contribution in [-0.4, -0.2) is 46.9 Å². The zero-order valence-electron chi connectivity index (χ0n) is 15.4. The Kier molecular flexibility index (Phi) is 6.35. The van der Waals surface area contributed by atoms with E-state index >= 15 is 0 Å². The van der Waals surface area contributed by atoms with Gasteiger partial charge in [-0.05, 0) is 48.4 Å². The van der Waals surface area contributed by atoms with Gasteiger partial charge in [-0.2, -0.15) is 5.10 Å². The van der Waals surface area contributed by atoms with Crippen LogP contribution in [0.3, 0.4) is 0 Å². The molecule has 1 aromatic heterocycles. The highest BCUT2D eigenvalue weighted by Crippen LogP contribution is 2.11. The maximum Gasteiger partial charge on any atom is 0.338 e. The monoisotopic (exact) mass is 380 g/mol. The van der Waals surface area contributed by atoms with Gasteiger partial charge in [-0.25, -0.2) is 14.5 Å². The van der Waals surface area contributed by atoms with E-state index in [1.165, 1.54) is 6.33 Å². The maximum atomic E-state index is 12.1. The number of hydrogen-bond acceptors (Lipinski definition) is 6. The standard InChI is InChI=1S/C20H20N4O4/c1-27-18-8-2-15(3-9-18)10-11-22-19(25)12-28-20(26)16-4-6-17(7-5-16)24-14-21-13-23-24/h2-9,13-14H,10-12H2,1H3,(H,22,25). The quantitative estimate of drug-likeness (QED) is 0.599. The number of carbonyl (C=O) groups is 2. The van der Waals surface area contributed by atoms with Gasteiger partial charge in [0.2, 0.25) is 0 Å². The first kappa shape index (κ1) is 19.1. The summed E-state index contributed by atoms with van der Waals surface area (Å²) in [6.07, 6.45) is 3.66. The van der Waals surface area contributed by atoms with E-state index in [2.05, 4.69) is 15.4 Å². The fraction of sp³-hybridized carbons (Fsp3) is 0.200. The fourth-order valence-corrected chi connectivity index (χ4v) is 2.50. The molecule has 0 aliphatic carbocycles. The summed E-state index contributed by atoms with van der Waals surface area (Å²) in [6, 6.07) is 14.3. The lowest BCUT2D eigenvalue weighted by Gasteiger charge is -2.08. The summed E-state index contributed by atoms with van der Waals surface area (Å²) in [5.74, 6) is -0.120. The second-order valence-electron chi connectivity index (χ2n) is 5.91. The first-order valence-electron chi connectivity index (χ1n) is 8.67. The minimum atomic E-state index is -0.560. The van der Waals surface area contributed by atoms with Crippen molar-refractivity contribution < 1.29 is 19.1 Å². The molecule has 0 unspecified atom stereocenters. The molecule has 28 heavy (non-hydrogen) atoms. The molecule has 144 valence electrons. The van der Waals surface area contributed by atoms with E-state index in [1.807, 2.05) is 24.3 Å². The number of nitrogens with one attached hydrogen (secondary N) is 1. The first-order chi connectivity index (χ1) is 13.7. The van der Waals surface area contributed by atoms with Crippen molar-refractivity contribution in [2.24, 2.45) is 0 Å². The van der Waals surface area contributed by atoms with Gasteiger partial charge in [-0.1, -0.05) is 12.1 Å². The second kappa shape index (κ2) is 9.31. The number of carbonyl (C=O) groups excluding carboxylic acids is 2. The molecule has 0 saturated carbocycles. The van der Waals surface area contributed by atoms with Gasteiger partial charge in [-0.15, -0.1) is 0 Å². The van der Waals surface area contributed by atoms with Gasteiger partial charge in [0.15, 0.2) is 6.61 Å². The first-order valence-corrected chi connectivity index (χ1v) is 8.67. The Labute approximate surface area is 162 Å². The Morgan fingerprint density at radius 3 is 2.46 bits per heavy atom. The largest absolute Gasteiger partial charge is 0.497 e. The Hall–Kier alpha value is -3.68. The SMILES string of the molecule is COc1ccc(CCNC(=O)COC(=O)c2ccc(-n3cncn3)cc2)cc1. The third-order valence-corrected chi connectivity index (χ3v) is 4.02. The van der Waals surface area contributed by atoms with E-state index in [-0.39, 0.29) is 12.5 Å². The predicted octanol–water partition coefficient (Wildman–Crippen LogP) is 1.79. The van der Waals surface area contributed by atoms with Crippen molar-refractivity contribution >= 4 is 11.9 Å². The molecule has 0 aliphatic heterocycles. The smallest absolute Gasteiger partial charge is 0.338 e. The molecule has 0 fully saturated rings. The molecule has 0 aliphatic rings. The lowest BCUT2D eigenvalue weighted by atomic mass is 10.1. The lowest BCUT2D eigenvalue weighted by molar-refractivity contribution is -0.124. The van der Waals surface area contributed by atoms with E-state index < -0.39 is 5.97 Å². The predicted molar refractivity (Wildman–Crippen MR) is 101 cm³/mol. The van der Waals surface area contributed by atoms with Crippen molar-refractivity contribution in [2.75, 3.05) is 20.3 Å². The summed E-state index contributed by atoms with van der Waals surface area (Å²) in [5, 5.41) is 6.74. The number of nitrogens with zero attached hydrogens (tertiary/aromatic N) is 3. The summed E-state index contributed by atoms with van der Waals surface area (Å²) in [6.45, 7) is 0.127. The molecule has 1 amide bonds. The molecular weight excluding hydrogens is 360 g/mol. The Morgan fingerprint density at radius 2 is 1.82 bits per heavy atom. The third kappa shape index (κ3) is 5.16. The van der Waals surface area contributed by atoms with Crippen LogP contribution in [0.15, 0.2) is 61.2 Å². The minimum Gasteiger partial charge on any atom is -0.497 e. The molecule has 8 heteroatoms. The Morgan fingerprint density at radius 1 is 1.07 bits per heavy atom. The highest BCUT2D eigenvalue weighted by molar-refractivity contribution is 5.91. The van der Waals surface area contributed by atoms with Gasteiger partial charge in [-0.3, -0.25) is 4.79 Å². The molecule has 0 saturated heterocycles. The minimum absolute atomic E-state index is 0.327. The number of ether oxygens (including phenoxy) is 2. The number of hydrogen-bond donors (Lipinski definition) is 1. The van der Waals surface area contributed by atoms with Gasteiger partial charge < -0.3 is 14.8 Å². The Bertz CT molecular complexity index is 906. The van der Waals surface area contributed by atoms with Crippen LogP contribution >= 0.6 is 0 Å². The zero-order valence-corrected chi connectivity index (χ0v) is 15.4. The summed E-state index contributed by atoms with van der Waals surface area (Å²) in [7, 11) is 1.61. The molecule has 2 aromatic carbocycles. The van der Waals surface area contributed by atoms with Gasteiger partial charge in [0.25, 0.3) is 5.91 Å². The van der Waals surface area contributed by atoms with Gasteiger partial charge in [0.1, 0.15) is 18.4 Å². The van der Waals surface area contributed by atoms with Crippen LogP contribution in [0.5, 0.6) is 5.75 Å². The van der Waals surface area contributed by atoms with Crippen molar-refractivity contribution in [3.8, 4) is 11.4 Å². The van der Waals surface area contributed by atoms with E-state index in [1.54, 1.807) is 42.4 Å². The molecule has 3 aromatic rings. The van der Waals surface area contributed by atoms with E-state index in [4.69, 9.17) is 9.47 Å². The molecule has 3 rings (SSSR count).